The summed E-state index contributed by atoms with van der Waals surface area (Å²) in [5, 5.41) is 2.82. The summed E-state index contributed by atoms with van der Waals surface area (Å²) in [6.07, 6.45) is 0. The Hall–Kier alpha value is -3.84. The van der Waals surface area contributed by atoms with Gasteiger partial charge in [-0.3, -0.25) is 0 Å². The molecule has 1 atom stereocenters. The molecule has 0 radical (unpaired) electrons. The Morgan fingerprint density at radius 1 is 0.181 bits per heavy atom. The first-order valence-corrected chi connectivity index (χ1v) is 27.0. The van der Waals surface area contributed by atoms with Crippen molar-refractivity contribution in [3.05, 3.63) is 16.7 Å². The molecule has 1 unspecified atom stereocenters. The van der Waals surface area contributed by atoms with E-state index in [0.717, 1.165) is 0 Å². The van der Waals surface area contributed by atoms with E-state index in [1.165, 1.54) is 231 Å². The van der Waals surface area contributed by atoms with Crippen LogP contribution in [0.1, 0.15) is 22.6 Å². The first kappa shape index (κ1) is 53.0. The van der Waals surface area contributed by atoms with Crippen molar-refractivity contribution in [3.63, 3.8) is 0 Å². The van der Waals surface area contributed by atoms with Gasteiger partial charge in [0.1, 0.15) is 220 Å². The number of hydrogen-bond donors (Lipinski definition) is 0. The molecule has 318 valence electrons. The van der Waals surface area contributed by atoms with Crippen LogP contribution in [-0.4, -0.2) is 224 Å². The Kier molecular flexibility index (Phi) is 13.2. The fourth-order valence-electron chi connectivity index (χ4n) is 14.9. The molecule has 7 aromatic carbocycles. The molecule has 0 amide bonds. The average molecular weight is 891 g/mol. The van der Waals surface area contributed by atoms with Gasteiger partial charge in [-0.25, -0.2) is 0 Å². The maximum absolute atomic E-state index is 2.75. The van der Waals surface area contributed by atoms with Crippen LogP contribution < -0.4 is 153 Å². The van der Waals surface area contributed by atoms with Gasteiger partial charge >= 0.3 is 0 Å². The summed E-state index contributed by atoms with van der Waals surface area (Å²) in [6.45, 7) is 0. The van der Waals surface area contributed by atoms with Crippen LogP contribution in [0.5, 0.6) is 0 Å². The van der Waals surface area contributed by atoms with Crippen LogP contribution in [0, 0.1) is 0 Å². The van der Waals surface area contributed by atoms with Crippen molar-refractivity contribution in [2.75, 3.05) is 0 Å². The Labute approximate surface area is 457 Å². The molecule has 0 N–H and O–H groups in total. The van der Waals surface area contributed by atoms with Crippen LogP contribution in [0.25, 0.3) is 60.9 Å². The van der Waals surface area contributed by atoms with Gasteiger partial charge in [0, 0.05) is 28.0 Å². The Morgan fingerprint density at radius 2 is 0.417 bits per heavy atom. The highest BCUT2D eigenvalue weighted by Crippen LogP contribution is 2.44. The molecule has 1 aliphatic rings. The normalized spacial score (nSPS) is 13.0. The second kappa shape index (κ2) is 17.9. The van der Waals surface area contributed by atoms with Crippen molar-refractivity contribution in [3.8, 4) is 39.1 Å². The van der Waals surface area contributed by atoms with E-state index >= 15 is 0 Å². The molecule has 0 saturated heterocycles. The quantitative estimate of drug-likeness (QED) is 0.155. The van der Waals surface area contributed by atoms with Crippen LogP contribution >= 0.6 is 0 Å². The minimum absolute atomic E-state index is 0.176. The zero-order chi connectivity index (χ0) is 53.4. The standard InChI is InChI=1S/C43H57B28N/c44-13-4-2(1(3-5(4)17(48)28(59)27(58)16(3)47)6-19(50)29(60)34(65)30(61)20(6)51)15(46)18(49)7(13)8-14(45)11-12-26(57)33(64)36(67)40(71)42(12)72(41(11)37(68)23(8)54)43-38(69)24(55)10(25(56)39(43)70)9-21(52)31(62)35(66)32(63)22(9)53/h1H,44-71H2. The highest BCUT2D eigenvalue weighted by molar-refractivity contribution is 6.74. The van der Waals surface area contributed by atoms with Crippen molar-refractivity contribution >= 4 is 394 Å². The highest BCUT2D eigenvalue weighted by Gasteiger charge is 2.39. The third kappa shape index (κ3) is 6.74. The smallest absolute Gasteiger partial charge is 0.141 e. The van der Waals surface area contributed by atoms with E-state index in [4.69, 9.17) is 0 Å². The van der Waals surface area contributed by atoms with E-state index in [-0.39, 0.29) is 5.92 Å². The lowest BCUT2D eigenvalue weighted by molar-refractivity contribution is 1.06. The highest BCUT2D eigenvalue weighted by atomic mass is 15.0. The lowest BCUT2D eigenvalue weighted by atomic mass is 9.56. The molecule has 1 aliphatic carbocycles. The van der Waals surface area contributed by atoms with Crippen molar-refractivity contribution in [2.45, 2.75) is 5.92 Å². The molecule has 0 aliphatic heterocycles. The van der Waals surface area contributed by atoms with Gasteiger partial charge in [0.05, 0.1) is 0 Å². The molecule has 0 spiro atoms. The minimum atomic E-state index is 0.176. The third-order valence-corrected chi connectivity index (χ3v) is 21.2. The van der Waals surface area contributed by atoms with E-state index in [0.29, 0.717) is 0 Å². The number of rotatable bonds is 4. The summed E-state index contributed by atoms with van der Waals surface area (Å²) >= 11 is 0. The molecule has 1 aromatic heterocycles. The van der Waals surface area contributed by atoms with Gasteiger partial charge in [-0.1, -0.05) is 104 Å². The summed E-state index contributed by atoms with van der Waals surface area (Å²) in [7, 11) is 66.8. The average Bonchev–Trinajstić information content (AvgIpc) is 3.89. The summed E-state index contributed by atoms with van der Waals surface area (Å²) in [5.41, 5.74) is 56.8. The fraction of sp³-hybridized carbons (Fsp3) is 0.0233. The Bertz CT molecular complexity index is 3820. The van der Waals surface area contributed by atoms with Crippen molar-refractivity contribution < 1.29 is 0 Å². The second-order valence-corrected chi connectivity index (χ2v) is 23.6. The van der Waals surface area contributed by atoms with Crippen LogP contribution in [0.15, 0.2) is 0 Å². The predicted octanol–water partition coefficient (Wildman–Crippen LogP) is -37.5. The summed E-state index contributed by atoms with van der Waals surface area (Å²) < 4.78 is 2.75. The molecule has 1 nitrogen and oxygen atoms in total. The summed E-state index contributed by atoms with van der Waals surface area (Å²) in [5.74, 6) is 0.176. The number of fused-ring (bicyclic) bond motifs is 6. The largest absolute Gasteiger partial charge is 0.312 e. The van der Waals surface area contributed by atoms with E-state index in [9.17, 15) is 0 Å². The van der Waals surface area contributed by atoms with Crippen LogP contribution in [0.2, 0.25) is 0 Å². The van der Waals surface area contributed by atoms with E-state index < -0.39 is 0 Å². The van der Waals surface area contributed by atoms with Gasteiger partial charge in [-0.15, -0.1) is 49.2 Å². The van der Waals surface area contributed by atoms with Crippen LogP contribution in [0.4, 0.5) is 0 Å². The van der Waals surface area contributed by atoms with Crippen LogP contribution in [0.3, 0.4) is 0 Å². The third-order valence-electron chi connectivity index (χ3n) is 21.2. The van der Waals surface area contributed by atoms with Crippen LogP contribution in [-0.2, 0) is 0 Å². The number of benzene rings is 7. The zero-order valence-electron chi connectivity index (χ0n) is 50.0. The van der Waals surface area contributed by atoms with E-state index in [2.05, 4.69) is 224 Å². The Balaban J connectivity index is 1.45. The SMILES string of the molecule is Bc1c(B)c(B)c(-c2c(B)c(B)c(-n3c4c(B)c(B)c(B)c(B)c4c4c(B)c(-c5c(B)c(B)c6c(c5B)-c5c(B)c(B)c(B)c(B)c5C6c5c(B)c(B)c(B)c(B)c5B)c(B)c(B)c43)c(B)c2B)c(B)c1B. The number of aromatic nitrogens is 1. The molecule has 29 heteroatoms. The maximum atomic E-state index is 2.75. The monoisotopic (exact) mass is 896 g/mol. The molecule has 72 heavy (non-hydrogen) atoms. The van der Waals surface area contributed by atoms with Crippen molar-refractivity contribution in [2.24, 2.45) is 0 Å². The second-order valence-electron chi connectivity index (χ2n) is 23.6. The molecule has 8 aromatic rings. The number of nitrogens with zero attached hydrogens (tertiary/aromatic N) is 1. The van der Waals surface area contributed by atoms with Gasteiger partial charge in [0.2, 0.25) is 0 Å². The molecule has 0 bridgehead atoms. The maximum Gasteiger partial charge on any atom is 0.141 e. The lowest BCUT2D eigenvalue weighted by Crippen LogP contribution is -2.57. The van der Waals surface area contributed by atoms with Crippen molar-refractivity contribution in [1.82, 2.24) is 4.57 Å². The zero-order valence-corrected chi connectivity index (χ0v) is 50.0. The summed E-state index contributed by atoms with van der Waals surface area (Å²) in [4.78, 5) is 0. The van der Waals surface area contributed by atoms with Gasteiger partial charge < -0.3 is 4.57 Å². The van der Waals surface area contributed by atoms with E-state index in [1.807, 2.05) is 0 Å². The number of hydrogen-bond acceptors (Lipinski definition) is 0. The lowest BCUT2D eigenvalue weighted by Gasteiger charge is -2.30. The van der Waals surface area contributed by atoms with Crippen molar-refractivity contribution in [1.29, 1.82) is 0 Å². The minimum Gasteiger partial charge on any atom is -0.312 e. The van der Waals surface area contributed by atoms with Gasteiger partial charge in [-0.2, -0.15) is 0 Å². The first-order valence-electron chi connectivity index (χ1n) is 27.0. The van der Waals surface area contributed by atoms with Gasteiger partial charge in [0.25, 0.3) is 0 Å². The molecule has 0 fully saturated rings. The molecule has 1 heterocycles. The van der Waals surface area contributed by atoms with Gasteiger partial charge in [0.15, 0.2) is 0 Å². The molecular formula is C43H57B28N. The van der Waals surface area contributed by atoms with Gasteiger partial charge in [-0.05, 0) is 55.5 Å². The first-order chi connectivity index (χ1) is 33.5. The molecule has 9 rings (SSSR count). The molecular weight excluding hydrogens is 833 g/mol. The Morgan fingerprint density at radius 3 is 0.861 bits per heavy atom. The fourth-order valence-corrected chi connectivity index (χ4v) is 14.9. The summed E-state index contributed by atoms with van der Waals surface area (Å²) in [6, 6.07) is 0. The topological polar surface area (TPSA) is 4.93 Å². The predicted molar refractivity (Wildman–Crippen MR) is 413 cm³/mol. The van der Waals surface area contributed by atoms with E-state index in [1.54, 1.807) is 0 Å². The molecule has 0 saturated carbocycles.